The summed E-state index contributed by atoms with van der Waals surface area (Å²) in [6, 6.07) is 24.4. The van der Waals surface area contributed by atoms with Gasteiger partial charge in [0.05, 0.1) is 11.3 Å². The molecule has 0 fully saturated rings. The summed E-state index contributed by atoms with van der Waals surface area (Å²) in [6.07, 6.45) is 0.202. The van der Waals surface area contributed by atoms with E-state index in [2.05, 4.69) is 0 Å². The molecule has 0 saturated carbocycles. The van der Waals surface area contributed by atoms with Crippen LogP contribution in [0.15, 0.2) is 90.1 Å². The highest BCUT2D eigenvalue weighted by atomic mass is 35.5. The highest BCUT2D eigenvalue weighted by Crippen LogP contribution is 2.42. The van der Waals surface area contributed by atoms with Crippen LogP contribution in [-0.2, 0) is 20.9 Å². The number of anilines is 1. The summed E-state index contributed by atoms with van der Waals surface area (Å²) in [6.45, 7) is 0.527. The van der Waals surface area contributed by atoms with Crippen molar-refractivity contribution >= 4 is 29.2 Å². The molecule has 0 aliphatic carbocycles. The molecule has 3 aromatic rings. The summed E-state index contributed by atoms with van der Waals surface area (Å²) >= 11 is 5.92. The van der Waals surface area contributed by atoms with E-state index >= 15 is 0 Å². The van der Waals surface area contributed by atoms with Gasteiger partial charge in [-0.25, -0.2) is 4.79 Å². The van der Waals surface area contributed by atoms with Gasteiger partial charge in [-0.2, -0.15) is 0 Å². The maximum absolute atomic E-state index is 13.1. The van der Waals surface area contributed by atoms with Gasteiger partial charge in [0.2, 0.25) is 5.91 Å². The predicted octanol–water partition coefficient (Wildman–Crippen LogP) is 5.25. The molecule has 5 nitrogen and oxygen atoms in total. The molecule has 6 heteroatoms. The summed E-state index contributed by atoms with van der Waals surface area (Å²) in [7, 11) is 0. The summed E-state index contributed by atoms with van der Waals surface area (Å²) in [4.78, 5) is 27.3. The number of nitrogens with zero attached hydrogens (tertiary/aromatic N) is 1. The standard InChI is InChI=1S/C26H20ClNO4/c27-19-10-6-17(7-11-19)15-31-21-12-8-18(9-13-21)22-14-24(29)28(20-4-2-1-3-5-20)23-16-32-26(30)25(22)23/h1-13,22H,14-16H2. The van der Waals surface area contributed by atoms with Crippen molar-refractivity contribution in [3.63, 3.8) is 0 Å². The average molecular weight is 446 g/mol. The van der Waals surface area contributed by atoms with Crippen molar-refractivity contribution in [2.45, 2.75) is 18.9 Å². The van der Waals surface area contributed by atoms with Crippen molar-refractivity contribution in [2.24, 2.45) is 0 Å². The van der Waals surface area contributed by atoms with Gasteiger partial charge in [0.25, 0.3) is 0 Å². The SMILES string of the molecule is O=C1OCC2=C1C(c1ccc(OCc3ccc(Cl)cc3)cc1)CC(=O)N2c1ccccc1. The third-order valence-electron chi connectivity index (χ3n) is 5.73. The topological polar surface area (TPSA) is 55.8 Å². The Bertz CT molecular complexity index is 1190. The van der Waals surface area contributed by atoms with Crippen LogP contribution in [0.1, 0.15) is 23.5 Å². The molecule has 2 aliphatic rings. The molecule has 3 aromatic carbocycles. The molecule has 5 rings (SSSR count). The van der Waals surface area contributed by atoms with Crippen LogP contribution in [0.3, 0.4) is 0 Å². The minimum atomic E-state index is -0.360. The zero-order chi connectivity index (χ0) is 22.1. The molecule has 0 bridgehead atoms. The number of benzene rings is 3. The van der Waals surface area contributed by atoms with E-state index in [1.807, 2.05) is 78.9 Å². The Morgan fingerprint density at radius 3 is 2.38 bits per heavy atom. The molecule has 1 amide bonds. The second-order valence-corrected chi connectivity index (χ2v) is 8.18. The zero-order valence-corrected chi connectivity index (χ0v) is 17.9. The first kappa shape index (κ1) is 20.3. The van der Waals surface area contributed by atoms with Gasteiger partial charge >= 0.3 is 5.97 Å². The Labute approximate surface area is 190 Å². The van der Waals surface area contributed by atoms with Gasteiger partial charge in [-0.1, -0.05) is 54.1 Å². The van der Waals surface area contributed by atoms with Crippen molar-refractivity contribution < 1.29 is 19.1 Å². The lowest BCUT2D eigenvalue weighted by molar-refractivity contribution is -0.136. The average Bonchev–Trinajstić information content (AvgIpc) is 3.20. The second kappa shape index (κ2) is 8.52. The lowest BCUT2D eigenvalue weighted by Gasteiger charge is -2.31. The summed E-state index contributed by atoms with van der Waals surface area (Å²) in [5.74, 6) is -0.0412. The molecule has 0 aromatic heterocycles. The van der Waals surface area contributed by atoms with E-state index in [1.165, 1.54) is 0 Å². The molecule has 0 radical (unpaired) electrons. The van der Waals surface area contributed by atoms with Crippen LogP contribution in [0.25, 0.3) is 0 Å². The monoisotopic (exact) mass is 445 g/mol. The van der Waals surface area contributed by atoms with Crippen LogP contribution in [-0.4, -0.2) is 18.5 Å². The van der Waals surface area contributed by atoms with E-state index in [-0.39, 0.29) is 30.8 Å². The number of esters is 1. The zero-order valence-electron chi connectivity index (χ0n) is 17.2. The maximum Gasteiger partial charge on any atom is 0.336 e. The van der Waals surface area contributed by atoms with Crippen LogP contribution >= 0.6 is 11.6 Å². The third kappa shape index (κ3) is 3.87. The maximum atomic E-state index is 13.1. The largest absolute Gasteiger partial charge is 0.489 e. The minimum absolute atomic E-state index is 0.0543. The summed E-state index contributed by atoms with van der Waals surface area (Å²) in [5, 5.41) is 0.685. The number of hydrogen-bond donors (Lipinski definition) is 0. The number of rotatable bonds is 5. The van der Waals surface area contributed by atoms with E-state index in [1.54, 1.807) is 4.90 Å². The van der Waals surface area contributed by atoms with Gasteiger partial charge in [0.1, 0.15) is 19.0 Å². The molecule has 32 heavy (non-hydrogen) atoms. The number of cyclic esters (lactones) is 1. The Morgan fingerprint density at radius 1 is 0.938 bits per heavy atom. The molecule has 0 N–H and O–H groups in total. The van der Waals surface area contributed by atoms with Gasteiger partial charge in [0, 0.05) is 23.0 Å². The Balaban J connectivity index is 1.38. The lowest BCUT2D eigenvalue weighted by atomic mass is 9.84. The van der Waals surface area contributed by atoms with Gasteiger partial charge in [-0.3, -0.25) is 9.69 Å². The van der Waals surface area contributed by atoms with Crippen molar-refractivity contribution in [1.29, 1.82) is 0 Å². The van der Waals surface area contributed by atoms with Crippen LogP contribution in [0.5, 0.6) is 5.75 Å². The van der Waals surface area contributed by atoms with Crippen LogP contribution in [0.2, 0.25) is 5.02 Å². The fourth-order valence-corrected chi connectivity index (χ4v) is 4.29. The number of halogens is 1. The van der Waals surface area contributed by atoms with Gasteiger partial charge < -0.3 is 9.47 Å². The molecule has 0 saturated heterocycles. The van der Waals surface area contributed by atoms with Crippen LogP contribution in [0.4, 0.5) is 5.69 Å². The molecular weight excluding hydrogens is 426 g/mol. The number of hydrogen-bond acceptors (Lipinski definition) is 4. The smallest absolute Gasteiger partial charge is 0.336 e. The van der Waals surface area contributed by atoms with Crippen molar-refractivity contribution in [3.8, 4) is 5.75 Å². The number of para-hydroxylation sites is 1. The Hall–Kier alpha value is -3.57. The summed E-state index contributed by atoms with van der Waals surface area (Å²) in [5.41, 5.74) is 3.83. The molecule has 160 valence electrons. The van der Waals surface area contributed by atoms with E-state index in [0.29, 0.717) is 28.6 Å². The highest BCUT2D eigenvalue weighted by molar-refractivity contribution is 6.30. The van der Waals surface area contributed by atoms with Gasteiger partial charge in [0.15, 0.2) is 0 Å². The Morgan fingerprint density at radius 2 is 1.66 bits per heavy atom. The first-order valence-corrected chi connectivity index (χ1v) is 10.7. The third-order valence-corrected chi connectivity index (χ3v) is 5.98. The molecule has 1 unspecified atom stereocenters. The van der Waals surface area contributed by atoms with E-state index in [9.17, 15) is 9.59 Å². The fourth-order valence-electron chi connectivity index (χ4n) is 4.16. The van der Waals surface area contributed by atoms with Gasteiger partial charge in [-0.05, 0) is 47.5 Å². The van der Waals surface area contributed by atoms with Crippen molar-refractivity contribution in [2.75, 3.05) is 11.5 Å². The Kier molecular flexibility index (Phi) is 5.41. The van der Waals surface area contributed by atoms with E-state index < -0.39 is 0 Å². The van der Waals surface area contributed by atoms with Crippen LogP contribution in [0, 0.1) is 0 Å². The number of carbonyl (C=O) groups excluding carboxylic acids is 2. The first-order chi connectivity index (χ1) is 15.6. The molecular formula is C26H20ClNO4. The van der Waals surface area contributed by atoms with Gasteiger partial charge in [-0.15, -0.1) is 0 Å². The molecule has 1 atom stereocenters. The van der Waals surface area contributed by atoms with E-state index in [4.69, 9.17) is 21.1 Å². The van der Waals surface area contributed by atoms with Crippen molar-refractivity contribution in [3.05, 3.63) is 106 Å². The number of amides is 1. The number of ether oxygens (including phenoxy) is 2. The lowest BCUT2D eigenvalue weighted by Crippen LogP contribution is -2.37. The normalized spacial score (nSPS) is 17.9. The van der Waals surface area contributed by atoms with Crippen LogP contribution < -0.4 is 9.64 Å². The first-order valence-electron chi connectivity index (χ1n) is 10.4. The highest BCUT2D eigenvalue weighted by Gasteiger charge is 2.42. The quantitative estimate of drug-likeness (QED) is 0.503. The minimum Gasteiger partial charge on any atom is -0.489 e. The summed E-state index contributed by atoms with van der Waals surface area (Å²) < 4.78 is 11.2. The molecule has 2 heterocycles. The predicted molar refractivity (Wildman–Crippen MR) is 121 cm³/mol. The van der Waals surface area contributed by atoms with Crippen molar-refractivity contribution in [1.82, 2.24) is 0 Å². The van der Waals surface area contributed by atoms with E-state index in [0.717, 1.165) is 16.8 Å². The number of carbonyl (C=O) groups is 2. The fraction of sp³-hybridized carbons (Fsp3) is 0.154. The molecule has 0 spiro atoms. The second-order valence-electron chi connectivity index (χ2n) is 7.74. The molecule has 2 aliphatic heterocycles.